The molecule has 2 aliphatic heterocycles. The number of amidine groups is 1. The molecule has 250 valence electrons. The second-order valence-electron chi connectivity index (χ2n) is 15.3. The van der Waals surface area contributed by atoms with Crippen LogP contribution in [0.3, 0.4) is 0 Å². The van der Waals surface area contributed by atoms with Crippen LogP contribution < -0.4 is 4.90 Å². The smallest absolute Gasteiger partial charge is 0.129 e. The van der Waals surface area contributed by atoms with Crippen LogP contribution in [0.15, 0.2) is 131 Å². The first-order valence-electron chi connectivity index (χ1n) is 19.4. The molecule has 3 aromatic carbocycles. The monoisotopic (exact) mass is 653 g/mol. The Morgan fingerprint density at radius 3 is 2.56 bits per heavy atom. The second-order valence-corrected chi connectivity index (χ2v) is 15.3. The minimum Gasteiger partial charge on any atom is -0.319 e. The molecule has 0 radical (unpaired) electrons. The van der Waals surface area contributed by atoms with Gasteiger partial charge in [0.1, 0.15) is 5.84 Å². The lowest BCUT2D eigenvalue weighted by atomic mass is 9.81. The fraction of sp³-hybridized carbons (Fsp3) is 0.340. The maximum atomic E-state index is 5.69. The number of aromatic nitrogens is 1. The molecule has 3 nitrogen and oxygen atoms in total. The van der Waals surface area contributed by atoms with Gasteiger partial charge in [-0.05, 0) is 135 Å². The predicted molar refractivity (Wildman–Crippen MR) is 212 cm³/mol. The van der Waals surface area contributed by atoms with E-state index in [1.165, 1.54) is 105 Å². The van der Waals surface area contributed by atoms with Crippen LogP contribution in [-0.2, 0) is 0 Å². The second kappa shape index (κ2) is 12.6. The minimum absolute atomic E-state index is 0.291. The Bertz CT molecular complexity index is 2210. The number of nitrogens with zero attached hydrogens (tertiary/aromatic N) is 3. The van der Waals surface area contributed by atoms with Crippen molar-refractivity contribution in [1.29, 1.82) is 0 Å². The molecule has 3 heteroatoms. The Balaban J connectivity index is 1.12. The Labute approximate surface area is 296 Å². The van der Waals surface area contributed by atoms with E-state index in [2.05, 4.69) is 125 Å². The summed E-state index contributed by atoms with van der Waals surface area (Å²) in [4.78, 5) is 8.33. The van der Waals surface area contributed by atoms with Gasteiger partial charge in [0.05, 0.1) is 23.1 Å². The van der Waals surface area contributed by atoms with E-state index < -0.39 is 0 Å². The number of benzene rings is 3. The lowest BCUT2D eigenvalue weighted by molar-refractivity contribution is 0.386. The summed E-state index contributed by atoms with van der Waals surface area (Å²) in [6, 6.07) is 24.0. The first kappa shape index (κ1) is 30.2. The highest BCUT2D eigenvalue weighted by Crippen LogP contribution is 2.51. The number of rotatable bonds is 4. The molecule has 6 aliphatic rings. The average molecular weight is 654 g/mol. The van der Waals surface area contributed by atoms with Gasteiger partial charge >= 0.3 is 0 Å². The van der Waals surface area contributed by atoms with Crippen LogP contribution in [0.1, 0.15) is 88.5 Å². The summed E-state index contributed by atoms with van der Waals surface area (Å²) >= 11 is 0. The molecule has 0 amide bonds. The van der Waals surface area contributed by atoms with Crippen molar-refractivity contribution in [2.24, 2.45) is 10.9 Å². The van der Waals surface area contributed by atoms with Crippen molar-refractivity contribution in [3.63, 3.8) is 0 Å². The largest absolute Gasteiger partial charge is 0.319 e. The molecule has 4 atom stereocenters. The van der Waals surface area contributed by atoms with Gasteiger partial charge < -0.3 is 9.47 Å². The van der Waals surface area contributed by atoms with Crippen molar-refractivity contribution in [2.45, 2.75) is 95.1 Å². The molecule has 0 saturated carbocycles. The van der Waals surface area contributed by atoms with Crippen molar-refractivity contribution < 1.29 is 0 Å². The molecule has 3 heterocycles. The molecule has 0 saturated heterocycles. The lowest BCUT2D eigenvalue weighted by Crippen LogP contribution is -2.41. The van der Waals surface area contributed by atoms with Crippen LogP contribution in [-0.4, -0.2) is 22.5 Å². The van der Waals surface area contributed by atoms with Gasteiger partial charge in [-0.1, -0.05) is 91.1 Å². The van der Waals surface area contributed by atoms with Crippen LogP contribution in [0, 0.1) is 5.92 Å². The molecule has 50 heavy (non-hydrogen) atoms. The van der Waals surface area contributed by atoms with Crippen molar-refractivity contribution in [1.82, 2.24) is 4.57 Å². The van der Waals surface area contributed by atoms with E-state index in [0.29, 0.717) is 23.9 Å². The average Bonchev–Trinajstić information content (AvgIpc) is 3.71. The topological polar surface area (TPSA) is 20.5 Å². The van der Waals surface area contributed by atoms with Gasteiger partial charge in [0.25, 0.3) is 0 Å². The molecule has 1 aromatic heterocycles. The third kappa shape index (κ3) is 5.03. The standard InChI is InChI=1S/C47H47N3/c1-4-15-32(16-5-1)35-29-41(33-17-6-2-7-18-33)48-46(31-35)50-43-25-13-11-22-40(43)47-37(23-14-26-44(47)50)34-27-28-39-38-21-10-12-24-42(38)49(45(39)30-34)36-19-8-3-9-20-36/h2,4,6,10,12-16,19,21,23-28,30-31,33,40-41,43H,1,3,5,7-9,11,17-18,20,22,29H2. The van der Waals surface area contributed by atoms with Gasteiger partial charge in [-0.3, -0.25) is 4.99 Å². The molecule has 4 aromatic rings. The summed E-state index contributed by atoms with van der Waals surface area (Å²) < 4.78 is 2.58. The molecule has 0 bridgehead atoms. The number of hydrogen-bond donors (Lipinski definition) is 0. The van der Waals surface area contributed by atoms with E-state index >= 15 is 0 Å². The fourth-order valence-corrected chi connectivity index (χ4v) is 10.0. The third-order valence-electron chi connectivity index (χ3n) is 12.4. The predicted octanol–water partition coefficient (Wildman–Crippen LogP) is 12.2. The lowest BCUT2D eigenvalue weighted by Gasteiger charge is -2.35. The van der Waals surface area contributed by atoms with E-state index in [1.54, 1.807) is 0 Å². The molecule has 4 aliphatic carbocycles. The Hall–Kier alpha value is -4.63. The van der Waals surface area contributed by atoms with Crippen LogP contribution in [0.2, 0.25) is 0 Å². The zero-order valence-electron chi connectivity index (χ0n) is 29.1. The molecule has 4 unspecified atom stereocenters. The number of hydrogen-bond acceptors (Lipinski definition) is 2. The molecular formula is C47H47N3. The van der Waals surface area contributed by atoms with Gasteiger partial charge in [-0.15, -0.1) is 0 Å². The summed E-state index contributed by atoms with van der Waals surface area (Å²) in [5, 5.41) is 2.71. The van der Waals surface area contributed by atoms with Gasteiger partial charge in [-0.25, -0.2) is 0 Å². The first-order chi connectivity index (χ1) is 24.8. The molecule has 0 spiro atoms. The first-order valence-corrected chi connectivity index (χ1v) is 19.4. The highest BCUT2D eigenvalue weighted by atomic mass is 15.2. The summed E-state index contributed by atoms with van der Waals surface area (Å²) in [7, 11) is 0. The van der Waals surface area contributed by atoms with Crippen molar-refractivity contribution in [3.05, 3.63) is 132 Å². The molecule has 0 fully saturated rings. The van der Waals surface area contributed by atoms with E-state index in [4.69, 9.17) is 4.99 Å². The summed E-state index contributed by atoms with van der Waals surface area (Å²) in [5.41, 5.74) is 12.6. The Kier molecular flexibility index (Phi) is 7.62. The van der Waals surface area contributed by atoms with E-state index in [1.807, 2.05) is 0 Å². The zero-order valence-corrected chi connectivity index (χ0v) is 29.1. The van der Waals surface area contributed by atoms with Crippen molar-refractivity contribution in [3.8, 4) is 11.1 Å². The quantitative estimate of drug-likeness (QED) is 0.201. The van der Waals surface area contributed by atoms with E-state index in [0.717, 1.165) is 38.5 Å². The number of dihydropyridines is 1. The number of allylic oxidation sites excluding steroid dienone is 9. The zero-order chi connectivity index (χ0) is 33.0. The normalized spacial score (nSPS) is 26.0. The van der Waals surface area contributed by atoms with Gasteiger partial charge in [-0.2, -0.15) is 0 Å². The summed E-state index contributed by atoms with van der Waals surface area (Å²) in [6.07, 6.45) is 35.9. The van der Waals surface area contributed by atoms with Crippen LogP contribution in [0.5, 0.6) is 0 Å². The minimum atomic E-state index is 0.291. The number of anilines is 1. The van der Waals surface area contributed by atoms with Crippen molar-refractivity contribution in [2.75, 3.05) is 4.90 Å². The third-order valence-corrected chi connectivity index (χ3v) is 12.4. The van der Waals surface area contributed by atoms with Crippen molar-refractivity contribution >= 4 is 39.0 Å². The summed E-state index contributed by atoms with van der Waals surface area (Å²) in [6.45, 7) is 0. The molecular weight excluding hydrogens is 607 g/mol. The summed E-state index contributed by atoms with van der Waals surface area (Å²) in [5.74, 6) is 2.22. The number of fused-ring (bicyclic) bond motifs is 6. The van der Waals surface area contributed by atoms with Gasteiger partial charge in [0, 0.05) is 28.1 Å². The Morgan fingerprint density at radius 1 is 0.740 bits per heavy atom. The highest BCUT2D eigenvalue weighted by Gasteiger charge is 2.42. The maximum absolute atomic E-state index is 5.69. The fourth-order valence-electron chi connectivity index (χ4n) is 10.0. The van der Waals surface area contributed by atoms with Crippen LogP contribution in [0.4, 0.5) is 5.69 Å². The maximum Gasteiger partial charge on any atom is 0.129 e. The van der Waals surface area contributed by atoms with Gasteiger partial charge in [0.2, 0.25) is 0 Å². The molecule has 10 rings (SSSR count). The highest BCUT2D eigenvalue weighted by molar-refractivity contribution is 6.12. The van der Waals surface area contributed by atoms with Crippen LogP contribution in [0.25, 0.3) is 38.6 Å². The van der Waals surface area contributed by atoms with E-state index in [-0.39, 0.29) is 0 Å². The Morgan fingerprint density at radius 2 is 1.68 bits per heavy atom. The van der Waals surface area contributed by atoms with Crippen LogP contribution >= 0.6 is 0 Å². The molecule has 0 N–H and O–H groups in total. The van der Waals surface area contributed by atoms with E-state index in [9.17, 15) is 0 Å². The number of para-hydroxylation sites is 1. The SMILES string of the molecule is C1=CC(C2=CC(N3c4cccc(-c5ccc6c7ccccc7n(C7=CCCCC7)c6c5)c4C4CCC=CC43)=NC(C3CC=CCC3)C2)=CCC1. The van der Waals surface area contributed by atoms with Gasteiger partial charge in [0.15, 0.2) is 0 Å². The number of aliphatic imine (C=N–C) groups is 1.